The average Bonchev–Trinajstić information content (AvgIpc) is 2.98. The highest BCUT2D eigenvalue weighted by Crippen LogP contribution is 2.33. The van der Waals surface area contributed by atoms with Crippen LogP contribution in [0.4, 0.5) is 0 Å². The van der Waals surface area contributed by atoms with E-state index in [1.165, 1.54) is 29.0 Å². The molecule has 2 aromatic carbocycles. The van der Waals surface area contributed by atoms with Gasteiger partial charge in [-0.1, -0.05) is 58.5 Å². The number of hydrogen-bond acceptors (Lipinski definition) is 4. The van der Waals surface area contributed by atoms with Crippen LogP contribution < -0.4 is 4.72 Å². The topological polar surface area (TPSA) is 81.1 Å². The zero-order chi connectivity index (χ0) is 20.6. The molecule has 0 radical (unpaired) electrons. The maximum absolute atomic E-state index is 12.5. The van der Waals surface area contributed by atoms with E-state index in [4.69, 9.17) is 46.4 Å². The lowest BCUT2D eigenvalue weighted by Crippen LogP contribution is -2.31. The van der Waals surface area contributed by atoms with Crippen LogP contribution in [0.3, 0.4) is 0 Å². The lowest BCUT2D eigenvalue weighted by Gasteiger charge is -2.08. The maximum atomic E-state index is 12.5. The molecule has 0 aliphatic carbocycles. The van der Waals surface area contributed by atoms with E-state index < -0.39 is 15.9 Å². The second kappa shape index (κ2) is 7.93. The van der Waals surface area contributed by atoms with Crippen molar-refractivity contribution in [2.24, 2.45) is 7.05 Å². The van der Waals surface area contributed by atoms with Gasteiger partial charge in [0.2, 0.25) is 0 Å². The predicted molar refractivity (Wildman–Crippen MR) is 110 cm³/mol. The van der Waals surface area contributed by atoms with Gasteiger partial charge in [0.25, 0.3) is 15.9 Å². The Bertz CT molecular complexity index is 1170. The summed E-state index contributed by atoms with van der Waals surface area (Å²) in [6.07, 6.45) is 1.37. The molecular weight excluding hydrogens is 468 g/mol. The molecule has 0 unspecified atom stereocenters. The van der Waals surface area contributed by atoms with Gasteiger partial charge in [0, 0.05) is 18.8 Å². The van der Waals surface area contributed by atoms with Crippen LogP contribution in [-0.4, -0.2) is 23.9 Å². The molecule has 28 heavy (non-hydrogen) atoms. The van der Waals surface area contributed by atoms with E-state index in [2.05, 4.69) is 4.98 Å². The van der Waals surface area contributed by atoms with Gasteiger partial charge >= 0.3 is 0 Å². The number of carbonyl (C=O) groups is 1. The Morgan fingerprint density at radius 2 is 1.57 bits per heavy atom. The summed E-state index contributed by atoms with van der Waals surface area (Å²) in [5.74, 6) is -0.609. The Morgan fingerprint density at radius 1 is 1.00 bits per heavy atom. The van der Waals surface area contributed by atoms with Crippen molar-refractivity contribution in [2.45, 2.75) is 4.90 Å². The molecule has 0 bridgehead atoms. The summed E-state index contributed by atoms with van der Waals surface area (Å²) in [6.45, 7) is 0. The van der Waals surface area contributed by atoms with Crippen molar-refractivity contribution in [3.63, 3.8) is 0 Å². The molecule has 6 nitrogen and oxygen atoms in total. The number of nitrogens with zero attached hydrogens (tertiary/aromatic N) is 2. The molecule has 0 saturated carbocycles. The number of hydrogen-bond donors (Lipinski definition) is 1. The number of aromatic nitrogens is 2. The summed E-state index contributed by atoms with van der Waals surface area (Å²) in [4.78, 5) is 16.3. The van der Waals surface area contributed by atoms with Gasteiger partial charge in [-0.2, -0.15) is 0 Å². The Balaban J connectivity index is 1.95. The molecule has 3 rings (SSSR count). The highest BCUT2D eigenvalue weighted by molar-refractivity contribution is 7.90. The Morgan fingerprint density at radius 3 is 2.21 bits per heavy atom. The Labute approximate surface area is 181 Å². The van der Waals surface area contributed by atoms with Crippen LogP contribution in [-0.2, 0) is 17.1 Å². The van der Waals surface area contributed by atoms with E-state index in [1.807, 2.05) is 4.72 Å². The number of benzene rings is 2. The number of imidazole rings is 1. The van der Waals surface area contributed by atoms with Crippen molar-refractivity contribution in [3.05, 3.63) is 68.4 Å². The van der Waals surface area contributed by atoms with E-state index in [1.54, 1.807) is 25.2 Å². The van der Waals surface area contributed by atoms with Gasteiger partial charge in [-0.15, -0.1) is 0 Å². The monoisotopic (exact) mass is 477 g/mol. The molecule has 1 heterocycles. The van der Waals surface area contributed by atoms with Gasteiger partial charge in [0.1, 0.15) is 16.4 Å². The number of rotatable bonds is 4. The zero-order valence-corrected chi connectivity index (χ0v) is 17.9. The van der Waals surface area contributed by atoms with Gasteiger partial charge in [0.05, 0.1) is 20.1 Å². The standard InChI is InChI=1S/C17H11Cl4N3O3S/c1-24-8-13(22-16(24)9-4-2-5-10(18)14(9)21)17(25)23-28(26,27)15-11(19)6-3-7-12(15)20/h2-8H,1H3,(H,23,25). The summed E-state index contributed by atoms with van der Waals surface area (Å²) in [7, 11) is -2.68. The molecule has 1 aromatic heterocycles. The second-order valence-corrected chi connectivity index (χ2v) is 8.87. The molecule has 1 N–H and O–H groups in total. The van der Waals surface area contributed by atoms with E-state index in [9.17, 15) is 13.2 Å². The van der Waals surface area contributed by atoms with Crippen molar-refractivity contribution >= 4 is 62.3 Å². The number of aryl methyl sites for hydroxylation is 1. The van der Waals surface area contributed by atoms with Gasteiger partial charge in [0.15, 0.2) is 0 Å². The molecule has 0 spiro atoms. The molecule has 0 aliphatic heterocycles. The highest BCUT2D eigenvalue weighted by Gasteiger charge is 2.26. The molecule has 0 aliphatic rings. The van der Waals surface area contributed by atoms with Crippen molar-refractivity contribution in [3.8, 4) is 11.4 Å². The summed E-state index contributed by atoms with van der Waals surface area (Å²) in [5, 5.41) is 0.366. The molecule has 0 atom stereocenters. The predicted octanol–water partition coefficient (Wildman–Crippen LogP) is 4.82. The van der Waals surface area contributed by atoms with Crippen LogP contribution in [0.15, 0.2) is 47.5 Å². The molecular formula is C17H11Cl4N3O3S. The van der Waals surface area contributed by atoms with Crippen molar-refractivity contribution in [1.82, 2.24) is 14.3 Å². The molecule has 0 saturated heterocycles. The molecule has 11 heteroatoms. The minimum atomic E-state index is -4.31. The maximum Gasteiger partial charge on any atom is 0.285 e. The lowest BCUT2D eigenvalue weighted by atomic mass is 10.2. The van der Waals surface area contributed by atoms with Crippen molar-refractivity contribution in [2.75, 3.05) is 0 Å². The van der Waals surface area contributed by atoms with E-state index >= 15 is 0 Å². The summed E-state index contributed by atoms with van der Waals surface area (Å²) >= 11 is 24.1. The highest BCUT2D eigenvalue weighted by atomic mass is 35.5. The summed E-state index contributed by atoms with van der Waals surface area (Å²) in [5.41, 5.74) is 0.355. The van der Waals surface area contributed by atoms with Gasteiger partial charge in [-0.3, -0.25) is 4.79 Å². The van der Waals surface area contributed by atoms with Crippen LogP contribution in [0.1, 0.15) is 10.5 Å². The number of nitrogens with one attached hydrogen (secondary N) is 1. The third kappa shape index (κ3) is 3.99. The fourth-order valence-corrected chi connectivity index (χ4v) is 4.96. The molecule has 0 fully saturated rings. The van der Waals surface area contributed by atoms with Gasteiger partial charge in [-0.25, -0.2) is 18.1 Å². The van der Waals surface area contributed by atoms with E-state index in [0.29, 0.717) is 16.4 Å². The summed E-state index contributed by atoms with van der Waals surface area (Å²) < 4.78 is 28.5. The van der Waals surface area contributed by atoms with E-state index in [-0.39, 0.29) is 25.7 Å². The first-order valence-electron chi connectivity index (χ1n) is 7.60. The number of amides is 1. The lowest BCUT2D eigenvalue weighted by molar-refractivity contribution is 0.0977. The third-order valence-electron chi connectivity index (χ3n) is 3.72. The minimum Gasteiger partial charge on any atom is -0.333 e. The Hall–Kier alpha value is -1.77. The molecule has 3 aromatic rings. The van der Waals surface area contributed by atoms with Crippen LogP contribution in [0.5, 0.6) is 0 Å². The number of halogens is 4. The minimum absolute atomic E-state index is 0.111. The first-order valence-corrected chi connectivity index (χ1v) is 10.6. The molecule has 1 amide bonds. The largest absolute Gasteiger partial charge is 0.333 e. The normalized spacial score (nSPS) is 11.5. The first-order chi connectivity index (χ1) is 13.1. The first kappa shape index (κ1) is 21.0. The smallest absolute Gasteiger partial charge is 0.285 e. The zero-order valence-electron chi connectivity index (χ0n) is 14.1. The van der Waals surface area contributed by atoms with Crippen molar-refractivity contribution in [1.29, 1.82) is 0 Å². The quantitative estimate of drug-likeness (QED) is 0.582. The number of sulfonamides is 1. The average molecular weight is 479 g/mol. The van der Waals surface area contributed by atoms with Crippen LogP contribution >= 0.6 is 46.4 Å². The van der Waals surface area contributed by atoms with Crippen LogP contribution in [0.25, 0.3) is 11.4 Å². The fourth-order valence-electron chi connectivity index (χ4n) is 2.47. The second-order valence-electron chi connectivity index (χ2n) is 5.65. The Kier molecular flexibility index (Phi) is 5.93. The third-order valence-corrected chi connectivity index (χ3v) is 6.82. The fraction of sp³-hybridized carbons (Fsp3) is 0.0588. The van der Waals surface area contributed by atoms with E-state index in [0.717, 1.165) is 0 Å². The van der Waals surface area contributed by atoms with Gasteiger partial charge in [-0.05, 0) is 24.3 Å². The molecule has 146 valence electrons. The number of carbonyl (C=O) groups excluding carboxylic acids is 1. The summed E-state index contributed by atoms with van der Waals surface area (Å²) in [6, 6.07) is 9.18. The van der Waals surface area contributed by atoms with Gasteiger partial charge < -0.3 is 4.57 Å². The SMILES string of the molecule is Cn1cc(C(=O)NS(=O)(=O)c2c(Cl)cccc2Cl)nc1-c1cccc(Cl)c1Cl. The van der Waals surface area contributed by atoms with Crippen LogP contribution in [0, 0.1) is 0 Å². The van der Waals surface area contributed by atoms with Crippen LogP contribution in [0.2, 0.25) is 20.1 Å². The van der Waals surface area contributed by atoms with Crippen molar-refractivity contribution < 1.29 is 13.2 Å².